The molecule has 0 N–H and O–H groups in total. The van der Waals surface area contributed by atoms with Gasteiger partial charge >= 0.3 is 5.97 Å². The van der Waals surface area contributed by atoms with E-state index in [0.717, 1.165) is 17.9 Å². The van der Waals surface area contributed by atoms with Crippen LogP contribution in [0.1, 0.15) is 41.4 Å². The number of hydrogen-bond donors (Lipinski definition) is 0. The van der Waals surface area contributed by atoms with E-state index in [2.05, 4.69) is 15.4 Å². The Hall–Kier alpha value is -2.18. The second-order valence-corrected chi connectivity index (χ2v) is 4.49. The van der Waals surface area contributed by atoms with Crippen molar-refractivity contribution in [1.29, 1.82) is 0 Å². The van der Waals surface area contributed by atoms with Crippen LogP contribution in [-0.2, 0) is 17.8 Å². The molecule has 0 bridgehead atoms. The van der Waals surface area contributed by atoms with E-state index in [0.29, 0.717) is 18.8 Å². The zero-order chi connectivity index (χ0) is 14.7. The first kappa shape index (κ1) is 14.2. The van der Waals surface area contributed by atoms with Gasteiger partial charge in [0.25, 0.3) is 0 Å². The highest BCUT2D eigenvalue weighted by atomic mass is 16.5. The molecule has 0 saturated heterocycles. The predicted molar refractivity (Wildman–Crippen MR) is 72.5 cm³/mol. The van der Waals surface area contributed by atoms with Gasteiger partial charge in [0.2, 0.25) is 0 Å². The lowest BCUT2D eigenvalue weighted by Gasteiger charge is -2.06. The van der Waals surface area contributed by atoms with Crippen LogP contribution in [0.4, 0.5) is 0 Å². The number of carbonyl (C=O) groups is 1. The van der Waals surface area contributed by atoms with Gasteiger partial charge in [-0.2, -0.15) is 5.10 Å². The molecule has 2 aromatic rings. The molecule has 0 aromatic carbocycles. The van der Waals surface area contributed by atoms with E-state index in [9.17, 15) is 4.79 Å². The van der Waals surface area contributed by atoms with Gasteiger partial charge in [-0.05, 0) is 33.8 Å². The molecule has 0 atom stereocenters. The predicted octanol–water partition coefficient (Wildman–Crippen LogP) is 1.34. The highest BCUT2D eigenvalue weighted by molar-refractivity contribution is 5.88. The molecule has 0 aliphatic rings. The van der Waals surface area contributed by atoms with Crippen molar-refractivity contribution in [2.75, 3.05) is 6.61 Å². The monoisotopic (exact) mass is 277 g/mol. The molecule has 7 nitrogen and oxygen atoms in total. The molecule has 0 amide bonds. The molecule has 2 aromatic heterocycles. The van der Waals surface area contributed by atoms with Gasteiger partial charge in [-0.1, -0.05) is 5.21 Å². The summed E-state index contributed by atoms with van der Waals surface area (Å²) in [6, 6.07) is 2.01. The van der Waals surface area contributed by atoms with E-state index in [1.54, 1.807) is 11.6 Å². The number of rotatable bonds is 5. The van der Waals surface area contributed by atoms with Gasteiger partial charge in [0.1, 0.15) is 0 Å². The first-order valence-electron chi connectivity index (χ1n) is 6.67. The molecule has 0 spiro atoms. The molecule has 7 heteroatoms. The fourth-order valence-corrected chi connectivity index (χ4v) is 2.05. The molecule has 108 valence electrons. The zero-order valence-corrected chi connectivity index (χ0v) is 12.3. The van der Waals surface area contributed by atoms with E-state index in [1.165, 1.54) is 0 Å². The van der Waals surface area contributed by atoms with Crippen LogP contribution in [0.25, 0.3) is 0 Å². The third-order valence-corrected chi connectivity index (χ3v) is 3.05. The van der Waals surface area contributed by atoms with Crippen molar-refractivity contribution in [3.05, 3.63) is 28.8 Å². The molecule has 0 radical (unpaired) electrons. The summed E-state index contributed by atoms with van der Waals surface area (Å²) >= 11 is 0. The smallest absolute Gasteiger partial charge is 0.360 e. The number of aromatic nitrogens is 5. The third-order valence-electron chi connectivity index (χ3n) is 3.05. The van der Waals surface area contributed by atoms with E-state index < -0.39 is 5.97 Å². The maximum atomic E-state index is 11.7. The minimum absolute atomic E-state index is 0.270. The molecule has 2 rings (SSSR count). The summed E-state index contributed by atoms with van der Waals surface area (Å²) in [7, 11) is 0. The van der Waals surface area contributed by atoms with Crippen LogP contribution in [0, 0.1) is 13.8 Å². The molecular weight excluding hydrogens is 258 g/mol. The normalized spacial score (nSPS) is 10.8. The molecule has 2 heterocycles. The Morgan fingerprint density at radius 1 is 1.30 bits per heavy atom. The van der Waals surface area contributed by atoms with Crippen LogP contribution in [0.15, 0.2) is 6.07 Å². The topological polar surface area (TPSA) is 74.8 Å². The fraction of sp³-hybridized carbons (Fsp3) is 0.538. The van der Waals surface area contributed by atoms with Gasteiger partial charge < -0.3 is 4.74 Å². The Kier molecular flexibility index (Phi) is 4.16. The van der Waals surface area contributed by atoms with Gasteiger partial charge in [-0.3, -0.25) is 4.68 Å². The van der Waals surface area contributed by atoms with Crippen molar-refractivity contribution in [3.63, 3.8) is 0 Å². The van der Waals surface area contributed by atoms with Gasteiger partial charge in [0.15, 0.2) is 5.69 Å². The first-order valence-corrected chi connectivity index (χ1v) is 6.67. The van der Waals surface area contributed by atoms with Crippen LogP contribution < -0.4 is 0 Å². The molecule has 0 fully saturated rings. The van der Waals surface area contributed by atoms with Crippen molar-refractivity contribution in [1.82, 2.24) is 24.8 Å². The van der Waals surface area contributed by atoms with Gasteiger partial charge in [0, 0.05) is 6.54 Å². The van der Waals surface area contributed by atoms with Crippen molar-refractivity contribution in [2.45, 2.75) is 40.8 Å². The number of hydrogen-bond acceptors (Lipinski definition) is 5. The highest BCUT2D eigenvalue weighted by Crippen LogP contribution is 2.10. The van der Waals surface area contributed by atoms with Crippen LogP contribution in [0.3, 0.4) is 0 Å². The highest BCUT2D eigenvalue weighted by Gasteiger charge is 2.18. The standard InChI is InChI=1S/C13H19N5O2/c1-5-17-11(7-9(3)15-17)8-18-10(4)12(14-16-18)13(19)20-6-2/h7H,5-6,8H2,1-4H3. The lowest BCUT2D eigenvalue weighted by atomic mass is 10.3. The Morgan fingerprint density at radius 3 is 2.70 bits per heavy atom. The summed E-state index contributed by atoms with van der Waals surface area (Å²) in [6.07, 6.45) is 0. The minimum Gasteiger partial charge on any atom is -0.461 e. The summed E-state index contributed by atoms with van der Waals surface area (Å²) in [5.41, 5.74) is 2.97. The fourth-order valence-electron chi connectivity index (χ4n) is 2.05. The Balaban J connectivity index is 2.24. The maximum absolute atomic E-state index is 11.7. The van der Waals surface area contributed by atoms with E-state index in [1.807, 2.05) is 31.5 Å². The molecule has 0 saturated carbocycles. The SMILES string of the molecule is CCOC(=O)c1nnn(Cc2cc(C)nn2CC)c1C. The Labute approximate surface area is 117 Å². The number of carbonyl (C=O) groups excluding carboxylic acids is 1. The van der Waals surface area contributed by atoms with E-state index in [4.69, 9.17) is 4.74 Å². The van der Waals surface area contributed by atoms with Crippen LogP contribution >= 0.6 is 0 Å². The largest absolute Gasteiger partial charge is 0.461 e. The number of esters is 1. The third kappa shape index (κ3) is 2.71. The zero-order valence-electron chi connectivity index (χ0n) is 12.3. The summed E-state index contributed by atoms with van der Waals surface area (Å²) in [5.74, 6) is -0.434. The van der Waals surface area contributed by atoms with Crippen molar-refractivity contribution in [3.8, 4) is 0 Å². The van der Waals surface area contributed by atoms with Crippen LogP contribution in [0.5, 0.6) is 0 Å². The van der Waals surface area contributed by atoms with E-state index in [-0.39, 0.29) is 5.69 Å². The first-order chi connectivity index (χ1) is 9.56. The quantitative estimate of drug-likeness (QED) is 0.771. The number of ether oxygens (including phenoxy) is 1. The summed E-state index contributed by atoms with van der Waals surface area (Å²) in [6.45, 7) is 9.22. The van der Waals surface area contributed by atoms with E-state index >= 15 is 0 Å². The van der Waals surface area contributed by atoms with Crippen molar-refractivity contribution in [2.24, 2.45) is 0 Å². The maximum Gasteiger partial charge on any atom is 0.360 e. The van der Waals surface area contributed by atoms with Crippen LogP contribution in [-0.4, -0.2) is 37.4 Å². The van der Waals surface area contributed by atoms with Crippen molar-refractivity contribution >= 4 is 5.97 Å². The second-order valence-electron chi connectivity index (χ2n) is 4.49. The van der Waals surface area contributed by atoms with Crippen molar-refractivity contribution < 1.29 is 9.53 Å². The second kappa shape index (κ2) is 5.85. The minimum atomic E-state index is -0.434. The van der Waals surface area contributed by atoms with Gasteiger partial charge in [0.05, 0.1) is 30.2 Å². The van der Waals surface area contributed by atoms with Gasteiger partial charge in [-0.15, -0.1) is 5.10 Å². The molecule has 0 aliphatic heterocycles. The summed E-state index contributed by atoms with van der Waals surface area (Å²) < 4.78 is 8.56. The van der Waals surface area contributed by atoms with Crippen LogP contribution in [0.2, 0.25) is 0 Å². The van der Waals surface area contributed by atoms with Gasteiger partial charge in [-0.25, -0.2) is 9.48 Å². The average molecular weight is 277 g/mol. The number of aryl methyl sites for hydroxylation is 2. The molecular formula is C13H19N5O2. The lowest BCUT2D eigenvalue weighted by molar-refractivity contribution is 0.0518. The number of nitrogens with zero attached hydrogens (tertiary/aromatic N) is 5. The molecule has 20 heavy (non-hydrogen) atoms. The Morgan fingerprint density at radius 2 is 2.05 bits per heavy atom. The Bertz CT molecular complexity index is 614. The summed E-state index contributed by atoms with van der Waals surface area (Å²) in [4.78, 5) is 11.7. The average Bonchev–Trinajstić information content (AvgIpc) is 2.94. The lowest BCUT2D eigenvalue weighted by Crippen LogP contribution is -2.11. The summed E-state index contributed by atoms with van der Waals surface area (Å²) in [5, 5.41) is 12.3. The molecule has 0 aliphatic carbocycles. The molecule has 0 unspecified atom stereocenters.